The van der Waals surface area contributed by atoms with Crippen LogP contribution >= 0.6 is 15.9 Å². The van der Waals surface area contributed by atoms with Crippen LogP contribution in [0.15, 0.2) is 22.7 Å². The zero-order valence-electron chi connectivity index (χ0n) is 14.2. The number of halogens is 1. The molecular formula is C18H27BrN2O2. The van der Waals surface area contributed by atoms with E-state index >= 15 is 0 Å². The summed E-state index contributed by atoms with van der Waals surface area (Å²) in [5, 5.41) is 5.76. The van der Waals surface area contributed by atoms with Crippen LogP contribution in [-0.2, 0) is 9.59 Å². The lowest BCUT2D eigenvalue weighted by Gasteiger charge is -2.14. The standard InChI is InChI=1S/C18H27BrN2O2/c1-4-6-7-14(5-2)18(23)20-11-10-17(22)21-16-12-15(19)9-8-13(16)3/h8-9,12,14H,4-7,10-11H2,1-3H3,(H,20,23)(H,21,22). The normalized spacial score (nSPS) is 11.8. The van der Waals surface area contributed by atoms with Crippen molar-refractivity contribution >= 4 is 33.4 Å². The van der Waals surface area contributed by atoms with E-state index in [0.29, 0.717) is 6.54 Å². The maximum atomic E-state index is 12.1. The Hall–Kier alpha value is -1.36. The van der Waals surface area contributed by atoms with E-state index in [9.17, 15) is 9.59 Å². The average molecular weight is 383 g/mol. The van der Waals surface area contributed by atoms with E-state index in [1.165, 1.54) is 0 Å². The van der Waals surface area contributed by atoms with E-state index in [2.05, 4.69) is 33.5 Å². The molecule has 0 bridgehead atoms. The fourth-order valence-electron chi connectivity index (χ4n) is 2.36. The highest BCUT2D eigenvalue weighted by molar-refractivity contribution is 9.10. The summed E-state index contributed by atoms with van der Waals surface area (Å²) in [4.78, 5) is 24.1. The highest BCUT2D eigenvalue weighted by Gasteiger charge is 2.15. The van der Waals surface area contributed by atoms with Gasteiger partial charge in [0.05, 0.1) is 0 Å². The second-order valence-corrected chi connectivity index (χ2v) is 6.71. The number of aryl methyl sites for hydroxylation is 1. The quantitative estimate of drug-likeness (QED) is 0.663. The van der Waals surface area contributed by atoms with Gasteiger partial charge >= 0.3 is 0 Å². The second kappa shape index (κ2) is 10.4. The van der Waals surface area contributed by atoms with Crippen molar-refractivity contribution in [2.75, 3.05) is 11.9 Å². The summed E-state index contributed by atoms with van der Waals surface area (Å²) in [7, 11) is 0. The van der Waals surface area contributed by atoms with E-state index in [0.717, 1.165) is 41.4 Å². The molecule has 2 N–H and O–H groups in total. The zero-order chi connectivity index (χ0) is 17.2. The first kappa shape index (κ1) is 19.7. The summed E-state index contributed by atoms with van der Waals surface area (Å²) in [5.41, 5.74) is 1.81. The first-order valence-corrected chi connectivity index (χ1v) is 9.10. The Kier molecular flexibility index (Phi) is 8.92. The molecule has 0 fully saturated rings. The SMILES string of the molecule is CCCCC(CC)C(=O)NCCC(=O)Nc1cc(Br)ccc1C. The Morgan fingerprint density at radius 3 is 2.65 bits per heavy atom. The van der Waals surface area contributed by atoms with E-state index in [-0.39, 0.29) is 24.2 Å². The molecule has 0 radical (unpaired) electrons. The molecule has 128 valence electrons. The third-order valence-electron chi connectivity index (χ3n) is 3.89. The molecule has 4 nitrogen and oxygen atoms in total. The van der Waals surface area contributed by atoms with Gasteiger partial charge in [0.1, 0.15) is 0 Å². The maximum Gasteiger partial charge on any atom is 0.226 e. The highest BCUT2D eigenvalue weighted by atomic mass is 79.9. The summed E-state index contributed by atoms with van der Waals surface area (Å²) < 4.78 is 0.924. The molecule has 23 heavy (non-hydrogen) atoms. The third-order valence-corrected chi connectivity index (χ3v) is 4.39. The molecule has 1 rings (SSSR count). The van der Waals surface area contributed by atoms with Crippen LogP contribution < -0.4 is 10.6 Å². The van der Waals surface area contributed by atoms with Crippen molar-refractivity contribution in [3.05, 3.63) is 28.2 Å². The van der Waals surface area contributed by atoms with Crippen molar-refractivity contribution in [2.45, 2.75) is 52.9 Å². The van der Waals surface area contributed by atoms with Gasteiger partial charge in [-0.25, -0.2) is 0 Å². The van der Waals surface area contributed by atoms with Crippen molar-refractivity contribution in [3.63, 3.8) is 0 Å². The van der Waals surface area contributed by atoms with Crippen molar-refractivity contribution in [2.24, 2.45) is 5.92 Å². The number of carbonyl (C=O) groups excluding carboxylic acids is 2. The molecule has 0 spiro atoms. The molecule has 0 heterocycles. The average Bonchev–Trinajstić information content (AvgIpc) is 2.51. The maximum absolute atomic E-state index is 12.1. The van der Waals surface area contributed by atoms with Gasteiger partial charge in [-0.2, -0.15) is 0 Å². The third kappa shape index (κ3) is 7.16. The molecule has 1 unspecified atom stereocenters. The molecule has 5 heteroatoms. The topological polar surface area (TPSA) is 58.2 Å². The Morgan fingerprint density at radius 2 is 2.00 bits per heavy atom. The number of unbranched alkanes of at least 4 members (excludes halogenated alkanes) is 1. The van der Waals surface area contributed by atoms with Crippen LogP contribution in [-0.4, -0.2) is 18.4 Å². The molecule has 0 aliphatic heterocycles. The number of rotatable bonds is 9. The first-order chi connectivity index (χ1) is 11.0. The predicted octanol–water partition coefficient (Wildman–Crippen LogP) is 4.42. The largest absolute Gasteiger partial charge is 0.355 e. The molecule has 0 saturated carbocycles. The van der Waals surface area contributed by atoms with Gasteiger partial charge in [-0.05, 0) is 37.5 Å². The van der Waals surface area contributed by atoms with E-state index < -0.39 is 0 Å². The van der Waals surface area contributed by atoms with Gasteiger partial charge in [0.2, 0.25) is 11.8 Å². The van der Waals surface area contributed by atoms with Gasteiger partial charge in [0, 0.05) is 29.0 Å². The van der Waals surface area contributed by atoms with Crippen molar-refractivity contribution in [1.29, 1.82) is 0 Å². The number of nitrogens with one attached hydrogen (secondary N) is 2. The summed E-state index contributed by atoms with van der Waals surface area (Å²) in [6.07, 6.45) is 4.20. The minimum absolute atomic E-state index is 0.0605. The van der Waals surface area contributed by atoms with Gasteiger partial charge in [-0.15, -0.1) is 0 Å². The second-order valence-electron chi connectivity index (χ2n) is 5.80. The predicted molar refractivity (Wildman–Crippen MR) is 98.4 cm³/mol. The van der Waals surface area contributed by atoms with Crippen LogP contribution in [0.3, 0.4) is 0 Å². The van der Waals surface area contributed by atoms with Crippen molar-refractivity contribution in [3.8, 4) is 0 Å². The van der Waals surface area contributed by atoms with Crippen molar-refractivity contribution < 1.29 is 9.59 Å². The van der Waals surface area contributed by atoms with Crippen LogP contribution in [0, 0.1) is 12.8 Å². The Balaban J connectivity index is 2.38. The number of amides is 2. The van der Waals surface area contributed by atoms with Gasteiger partial charge < -0.3 is 10.6 Å². The molecule has 1 aromatic carbocycles. The van der Waals surface area contributed by atoms with Crippen molar-refractivity contribution in [1.82, 2.24) is 5.32 Å². The lowest BCUT2D eigenvalue weighted by molar-refractivity contribution is -0.125. The number of anilines is 1. The lowest BCUT2D eigenvalue weighted by Crippen LogP contribution is -2.33. The minimum atomic E-state index is -0.0897. The van der Waals surface area contributed by atoms with Gasteiger partial charge in [0.25, 0.3) is 0 Å². The number of hydrogen-bond acceptors (Lipinski definition) is 2. The summed E-state index contributed by atoms with van der Waals surface area (Å²) >= 11 is 3.39. The van der Waals surface area contributed by atoms with Crippen LogP contribution in [0.2, 0.25) is 0 Å². The fourth-order valence-corrected chi connectivity index (χ4v) is 2.72. The zero-order valence-corrected chi connectivity index (χ0v) is 15.8. The minimum Gasteiger partial charge on any atom is -0.355 e. The summed E-state index contributed by atoms with van der Waals surface area (Å²) in [5.74, 6) is 0.0332. The molecule has 0 saturated heterocycles. The summed E-state index contributed by atoms with van der Waals surface area (Å²) in [6.45, 7) is 6.48. The summed E-state index contributed by atoms with van der Waals surface area (Å²) in [6, 6.07) is 5.76. The van der Waals surface area contributed by atoms with Crippen LogP contribution in [0.4, 0.5) is 5.69 Å². The van der Waals surface area contributed by atoms with Crippen LogP contribution in [0.5, 0.6) is 0 Å². The van der Waals surface area contributed by atoms with Gasteiger partial charge in [0.15, 0.2) is 0 Å². The number of carbonyl (C=O) groups is 2. The molecule has 1 atom stereocenters. The van der Waals surface area contributed by atoms with Crippen LogP contribution in [0.1, 0.15) is 51.5 Å². The first-order valence-electron chi connectivity index (χ1n) is 8.31. The Morgan fingerprint density at radius 1 is 1.26 bits per heavy atom. The number of benzene rings is 1. The van der Waals surface area contributed by atoms with E-state index in [4.69, 9.17) is 0 Å². The van der Waals surface area contributed by atoms with Crippen LogP contribution in [0.25, 0.3) is 0 Å². The molecule has 0 aliphatic rings. The van der Waals surface area contributed by atoms with Gasteiger partial charge in [-0.1, -0.05) is 48.7 Å². The Labute approximate surface area is 147 Å². The molecule has 0 aliphatic carbocycles. The smallest absolute Gasteiger partial charge is 0.226 e. The molecule has 1 aromatic rings. The Bertz CT molecular complexity index is 532. The molecule has 2 amide bonds. The fraction of sp³-hybridized carbons (Fsp3) is 0.556. The molecular weight excluding hydrogens is 356 g/mol. The monoisotopic (exact) mass is 382 g/mol. The lowest BCUT2D eigenvalue weighted by atomic mass is 9.98. The number of hydrogen-bond donors (Lipinski definition) is 2. The van der Waals surface area contributed by atoms with E-state index in [1.807, 2.05) is 32.0 Å². The molecule has 0 aromatic heterocycles. The van der Waals surface area contributed by atoms with E-state index in [1.54, 1.807) is 0 Å². The van der Waals surface area contributed by atoms with Gasteiger partial charge in [-0.3, -0.25) is 9.59 Å². The highest BCUT2D eigenvalue weighted by Crippen LogP contribution is 2.20.